The highest BCUT2D eigenvalue weighted by Gasteiger charge is 2.38. The molecule has 0 bridgehead atoms. The van der Waals surface area contributed by atoms with Gasteiger partial charge in [0.2, 0.25) is 5.91 Å². The lowest BCUT2D eigenvalue weighted by atomic mass is 10.1. The third-order valence-electron chi connectivity index (χ3n) is 3.13. The average molecular weight is 267 g/mol. The first kappa shape index (κ1) is 13.5. The molecule has 1 amide bonds. The van der Waals surface area contributed by atoms with E-state index in [4.69, 9.17) is 5.11 Å². The fraction of sp³-hybridized carbons (Fsp3) is 0.385. The van der Waals surface area contributed by atoms with Gasteiger partial charge >= 0.3 is 5.97 Å². The Hall–Kier alpha value is -1.95. The number of hydrogen-bond donors (Lipinski definition) is 2. The third-order valence-corrected chi connectivity index (χ3v) is 3.13. The highest BCUT2D eigenvalue weighted by Crippen LogP contribution is 2.19. The third kappa shape index (κ3) is 3.08. The van der Waals surface area contributed by atoms with Crippen molar-refractivity contribution in [1.82, 2.24) is 4.90 Å². The van der Waals surface area contributed by atoms with Crippen LogP contribution in [-0.4, -0.2) is 45.7 Å². The highest BCUT2D eigenvalue weighted by atomic mass is 19.1. The first-order valence-corrected chi connectivity index (χ1v) is 5.92. The van der Waals surface area contributed by atoms with E-state index in [1.54, 1.807) is 6.07 Å². The second-order valence-electron chi connectivity index (χ2n) is 4.60. The Balaban J connectivity index is 2.09. The molecule has 6 heteroatoms. The minimum Gasteiger partial charge on any atom is -0.480 e. The molecular formula is C13H14FNO4. The number of benzene rings is 1. The largest absolute Gasteiger partial charge is 0.480 e. The molecule has 0 unspecified atom stereocenters. The van der Waals surface area contributed by atoms with E-state index < -0.39 is 29.8 Å². The molecule has 0 aromatic heterocycles. The van der Waals surface area contributed by atoms with E-state index in [9.17, 15) is 19.1 Å². The summed E-state index contributed by atoms with van der Waals surface area (Å²) in [6.45, 7) is 0.00508. The van der Waals surface area contributed by atoms with Gasteiger partial charge in [-0.2, -0.15) is 0 Å². The molecule has 1 aromatic carbocycles. The molecule has 1 fully saturated rings. The number of carboxylic acid groups (broad SMARTS) is 1. The van der Waals surface area contributed by atoms with Crippen molar-refractivity contribution in [1.29, 1.82) is 0 Å². The van der Waals surface area contributed by atoms with Crippen LogP contribution in [-0.2, 0) is 16.0 Å². The van der Waals surface area contributed by atoms with Gasteiger partial charge in [0, 0.05) is 13.0 Å². The summed E-state index contributed by atoms with van der Waals surface area (Å²) in [4.78, 5) is 24.2. The van der Waals surface area contributed by atoms with E-state index in [0.29, 0.717) is 5.56 Å². The summed E-state index contributed by atoms with van der Waals surface area (Å²) in [6.07, 6.45) is -0.865. The van der Waals surface area contributed by atoms with E-state index in [1.807, 2.05) is 0 Å². The molecular weight excluding hydrogens is 253 g/mol. The number of β-amino-alcohol motifs (C(OH)–C–C–N with tert-alkyl or cyclic N) is 1. The van der Waals surface area contributed by atoms with Crippen molar-refractivity contribution in [2.45, 2.75) is 25.0 Å². The average Bonchev–Trinajstić information content (AvgIpc) is 2.71. The number of halogens is 1. The maximum Gasteiger partial charge on any atom is 0.326 e. The number of carbonyl (C=O) groups excluding carboxylic acids is 1. The SMILES string of the molecule is O=C(O)[C@@H]1C[C@@H](O)CN1C(=O)Cc1cccc(F)c1. The first-order valence-electron chi connectivity index (χ1n) is 5.92. The summed E-state index contributed by atoms with van der Waals surface area (Å²) >= 11 is 0. The summed E-state index contributed by atoms with van der Waals surface area (Å²) in [5, 5.41) is 18.5. The lowest BCUT2D eigenvalue weighted by Gasteiger charge is -2.21. The fourth-order valence-corrected chi connectivity index (χ4v) is 2.25. The van der Waals surface area contributed by atoms with Gasteiger partial charge in [0.05, 0.1) is 12.5 Å². The normalized spacial score (nSPS) is 22.5. The molecule has 0 aliphatic carbocycles. The topological polar surface area (TPSA) is 77.8 Å². The minimum absolute atomic E-state index is 0.00508. The monoisotopic (exact) mass is 267 g/mol. The number of aliphatic carboxylic acids is 1. The van der Waals surface area contributed by atoms with Crippen LogP contribution in [0.25, 0.3) is 0 Å². The Labute approximate surface area is 109 Å². The van der Waals surface area contributed by atoms with Crippen molar-refractivity contribution in [2.75, 3.05) is 6.54 Å². The molecule has 1 heterocycles. The Morgan fingerprint density at radius 3 is 2.79 bits per heavy atom. The molecule has 0 saturated carbocycles. The van der Waals surface area contributed by atoms with E-state index in [2.05, 4.69) is 0 Å². The lowest BCUT2D eigenvalue weighted by Crippen LogP contribution is -2.41. The van der Waals surface area contributed by atoms with E-state index in [1.165, 1.54) is 18.2 Å². The molecule has 1 saturated heterocycles. The predicted octanol–water partition coefficient (Wildman–Crippen LogP) is 0.415. The van der Waals surface area contributed by atoms with Crippen molar-refractivity contribution >= 4 is 11.9 Å². The maximum absolute atomic E-state index is 13.0. The van der Waals surface area contributed by atoms with Gasteiger partial charge in [0.1, 0.15) is 11.9 Å². The van der Waals surface area contributed by atoms with Crippen molar-refractivity contribution in [3.63, 3.8) is 0 Å². The molecule has 1 aliphatic rings. The van der Waals surface area contributed by atoms with Gasteiger partial charge in [-0.05, 0) is 17.7 Å². The van der Waals surface area contributed by atoms with Crippen LogP contribution in [0.2, 0.25) is 0 Å². The molecule has 1 aliphatic heterocycles. The van der Waals surface area contributed by atoms with Crippen molar-refractivity contribution in [3.05, 3.63) is 35.6 Å². The number of aliphatic hydroxyl groups is 1. The molecule has 0 spiro atoms. The standard InChI is InChI=1S/C13H14FNO4/c14-9-3-1-2-8(4-9)5-12(17)15-7-10(16)6-11(15)13(18)19/h1-4,10-11,16H,5-7H2,(H,18,19)/t10-,11+/m1/s1. The zero-order chi connectivity index (χ0) is 14.0. The summed E-state index contributed by atoms with van der Waals surface area (Å²) in [6, 6.07) is 4.60. The van der Waals surface area contributed by atoms with Crippen LogP contribution in [0.15, 0.2) is 24.3 Å². The van der Waals surface area contributed by atoms with Crippen LogP contribution in [0.4, 0.5) is 4.39 Å². The molecule has 2 atom stereocenters. The van der Waals surface area contributed by atoms with Crippen LogP contribution in [0.3, 0.4) is 0 Å². The first-order chi connectivity index (χ1) is 8.97. The number of nitrogens with zero attached hydrogens (tertiary/aromatic N) is 1. The smallest absolute Gasteiger partial charge is 0.326 e. The van der Waals surface area contributed by atoms with Gasteiger partial charge in [-0.3, -0.25) is 4.79 Å². The number of amides is 1. The molecule has 102 valence electrons. The fourth-order valence-electron chi connectivity index (χ4n) is 2.25. The predicted molar refractivity (Wildman–Crippen MR) is 63.9 cm³/mol. The number of carboxylic acids is 1. The molecule has 2 N–H and O–H groups in total. The Morgan fingerprint density at radius 1 is 1.42 bits per heavy atom. The van der Waals surface area contributed by atoms with Gasteiger partial charge in [-0.25, -0.2) is 9.18 Å². The molecule has 5 nitrogen and oxygen atoms in total. The van der Waals surface area contributed by atoms with Crippen molar-refractivity contribution in [3.8, 4) is 0 Å². The minimum atomic E-state index is -1.14. The van der Waals surface area contributed by atoms with E-state index in [-0.39, 0.29) is 19.4 Å². The summed E-state index contributed by atoms with van der Waals surface area (Å²) < 4.78 is 13.0. The summed E-state index contributed by atoms with van der Waals surface area (Å²) in [5.41, 5.74) is 0.482. The zero-order valence-corrected chi connectivity index (χ0v) is 10.1. The zero-order valence-electron chi connectivity index (χ0n) is 10.1. The van der Waals surface area contributed by atoms with Crippen molar-refractivity contribution < 1.29 is 24.2 Å². The molecule has 2 rings (SSSR count). The molecule has 19 heavy (non-hydrogen) atoms. The number of rotatable bonds is 3. The summed E-state index contributed by atoms with van der Waals surface area (Å²) in [5.74, 6) is -2.00. The lowest BCUT2D eigenvalue weighted by molar-refractivity contribution is -0.148. The number of carbonyl (C=O) groups is 2. The second-order valence-corrected chi connectivity index (χ2v) is 4.60. The molecule has 1 aromatic rings. The van der Waals surface area contributed by atoms with Gasteiger partial charge in [0.25, 0.3) is 0 Å². The second kappa shape index (κ2) is 5.36. The Kier molecular flexibility index (Phi) is 3.80. The Bertz CT molecular complexity index is 505. The van der Waals surface area contributed by atoms with E-state index in [0.717, 1.165) is 4.90 Å². The highest BCUT2D eigenvalue weighted by molar-refractivity contribution is 5.85. The number of likely N-dealkylation sites (tertiary alicyclic amines) is 1. The van der Waals surface area contributed by atoms with E-state index >= 15 is 0 Å². The van der Waals surface area contributed by atoms with Crippen LogP contribution in [0.1, 0.15) is 12.0 Å². The van der Waals surface area contributed by atoms with Crippen molar-refractivity contribution in [2.24, 2.45) is 0 Å². The Morgan fingerprint density at radius 2 is 2.16 bits per heavy atom. The quantitative estimate of drug-likeness (QED) is 0.831. The number of aliphatic hydroxyl groups excluding tert-OH is 1. The number of hydrogen-bond acceptors (Lipinski definition) is 3. The van der Waals surface area contributed by atoms with Crippen LogP contribution in [0, 0.1) is 5.82 Å². The van der Waals surface area contributed by atoms with Gasteiger partial charge in [0.15, 0.2) is 0 Å². The summed E-state index contributed by atoms with van der Waals surface area (Å²) in [7, 11) is 0. The van der Waals surface area contributed by atoms with Crippen LogP contribution < -0.4 is 0 Å². The maximum atomic E-state index is 13.0. The van der Waals surface area contributed by atoms with Gasteiger partial charge in [-0.1, -0.05) is 12.1 Å². The molecule has 0 radical (unpaired) electrons. The van der Waals surface area contributed by atoms with Crippen LogP contribution >= 0.6 is 0 Å². The van der Waals surface area contributed by atoms with Gasteiger partial charge in [-0.15, -0.1) is 0 Å². The van der Waals surface area contributed by atoms with Gasteiger partial charge < -0.3 is 15.1 Å². The van der Waals surface area contributed by atoms with Crippen LogP contribution in [0.5, 0.6) is 0 Å².